The molecule has 130 valence electrons. The zero-order chi connectivity index (χ0) is 18.4. The Hall–Kier alpha value is -3.11. The molecule has 0 aromatic heterocycles. The average Bonchev–Trinajstić information content (AvgIpc) is 2.67. The maximum Gasteiger partial charge on any atom is 0.335 e. The molecule has 0 saturated carbocycles. The van der Waals surface area contributed by atoms with Gasteiger partial charge in [-0.05, 0) is 48.0 Å². The predicted molar refractivity (Wildman–Crippen MR) is 103 cm³/mol. The van der Waals surface area contributed by atoms with Gasteiger partial charge in [-0.2, -0.15) is 0 Å². The minimum absolute atomic E-state index is 0.201. The molecule has 26 heavy (non-hydrogen) atoms. The molecule has 0 heterocycles. The van der Waals surface area contributed by atoms with Gasteiger partial charge in [0.05, 0.1) is 11.3 Å². The van der Waals surface area contributed by atoms with E-state index in [1.54, 1.807) is 18.3 Å². The molecule has 0 saturated heterocycles. The quantitative estimate of drug-likeness (QED) is 0.597. The summed E-state index contributed by atoms with van der Waals surface area (Å²) in [5.74, 6) is -0.283. The van der Waals surface area contributed by atoms with Crippen LogP contribution < -0.4 is 4.74 Å². The predicted octanol–water partition coefficient (Wildman–Crippen LogP) is 5.37. The Morgan fingerprint density at radius 1 is 1.04 bits per heavy atom. The van der Waals surface area contributed by atoms with Crippen LogP contribution in [0.1, 0.15) is 21.5 Å². The summed E-state index contributed by atoms with van der Waals surface area (Å²) in [4.78, 5) is 15.4. The first-order valence-corrected chi connectivity index (χ1v) is 8.33. The topological polar surface area (TPSA) is 58.9 Å². The third kappa shape index (κ3) is 4.71. The smallest absolute Gasteiger partial charge is 0.335 e. The van der Waals surface area contributed by atoms with E-state index in [1.807, 2.05) is 48.5 Å². The van der Waals surface area contributed by atoms with Crippen LogP contribution in [0, 0.1) is 0 Å². The molecule has 3 rings (SSSR count). The fraction of sp³-hybridized carbons (Fsp3) is 0.0476. The van der Waals surface area contributed by atoms with Crippen molar-refractivity contribution >= 4 is 29.5 Å². The average molecular weight is 366 g/mol. The summed E-state index contributed by atoms with van der Waals surface area (Å²) in [6.07, 6.45) is 1.66. The Labute approximate surface area is 156 Å². The van der Waals surface area contributed by atoms with Crippen LogP contribution in [0.25, 0.3) is 0 Å². The van der Waals surface area contributed by atoms with Crippen molar-refractivity contribution in [3.8, 4) is 5.75 Å². The second-order valence-electron chi connectivity index (χ2n) is 5.57. The summed E-state index contributed by atoms with van der Waals surface area (Å²) in [6.45, 7) is 0.413. The van der Waals surface area contributed by atoms with Crippen molar-refractivity contribution in [3.63, 3.8) is 0 Å². The molecule has 0 aliphatic carbocycles. The van der Waals surface area contributed by atoms with Crippen molar-refractivity contribution in [3.05, 3.63) is 94.5 Å². The van der Waals surface area contributed by atoms with Crippen LogP contribution >= 0.6 is 11.6 Å². The van der Waals surface area contributed by atoms with Crippen LogP contribution in [0.15, 0.2) is 77.8 Å². The van der Waals surface area contributed by atoms with Crippen molar-refractivity contribution in [2.24, 2.45) is 4.99 Å². The highest BCUT2D eigenvalue weighted by atomic mass is 35.5. The van der Waals surface area contributed by atoms with Crippen LogP contribution in [0.5, 0.6) is 5.75 Å². The van der Waals surface area contributed by atoms with Gasteiger partial charge in [0.25, 0.3) is 0 Å². The van der Waals surface area contributed by atoms with Gasteiger partial charge in [-0.15, -0.1) is 0 Å². The van der Waals surface area contributed by atoms with Gasteiger partial charge in [-0.25, -0.2) is 4.79 Å². The van der Waals surface area contributed by atoms with E-state index in [4.69, 9.17) is 21.4 Å². The number of carboxylic acids is 1. The summed E-state index contributed by atoms with van der Waals surface area (Å²) >= 11 is 5.89. The number of halogens is 1. The highest BCUT2D eigenvalue weighted by Crippen LogP contribution is 2.20. The molecule has 0 bridgehead atoms. The molecule has 1 N–H and O–H groups in total. The number of benzene rings is 3. The molecule has 0 fully saturated rings. The lowest BCUT2D eigenvalue weighted by Gasteiger charge is -2.09. The lowest BCUT2D eigenvalue weighted by Crippen LogP contribution is -1.98. The van der Waals surface area contributed by atoms with Crippen molar-refractivity contribution in [1.82, 2.24) is 0 Å². The Balaban J connectivity index is 1.75. The Morgan fingerprint density at radius 3 is 2.58 bits per heavy atom. The van der Waals surface area contributed by atoms with Gasteiger partial charge in [-0.1, -0.05) is 41.9 Å². The molecule has 0 atom stereocenters. The normalized spacial score (nSPS) is 10.8. The molecule has 5 heteroatoms. The summed E-state index contributed by atoms with van der Waals surface area (Å²) < 4.78 is 5.88. The van der Waals surface area contributed by atoms with Crippen LogP contribution in [0.2, 0.25) is 5.02 Å². The molecule has 0 amide bonds. The molecule has 3 aromatic rings. The summed E-state index contributed by atoms with van der Waals surface area (Å²) in [5.41, 5.74) is 2.59. The van der Waals surface area contributed by atoms with E-state index >= 15 is 0 Å². The number of aliphatic imine (C=N–C) groups is 1. The maximum absolute atomic E-state index is 11.0. The molecule has 3 aromatic carbocycles. The monoisotopic (exact) mass is 365 g/mol. The highest BCUT2D eigenvalue weighted by molar-refractivity contribution is 6.30. The molecule has 0 radical (unpaired) electrons. The maximum atomic E-state index is 11.0. The van der Waals surface area contributed by atoms with Crippen molar-refractivity contribution < 1.29 is 14.6 Å². The van der Waals surface area contributed by atoms with E-state index in [9.17, 15) is 4.79 Å². The van der Waals surface area contributed by atoms with E-state index in [-0.39, 0.29) is 5.56 Å². The third-order valence-electron chi connectivity index (χ3n) is 3.67. The third-order valence-corrected chi connectivity index (χ3v) is 3.92. The Bertz CT molecular complexity index is 936. The molecular weight excluding hydrogens is 350 g/mol. The number of hydrogen-bond acceptors (Lipinski definition) is 3. The van der Waals surface area contributed by atoms with Gasteiger partial charge in [0.15, 0.2) is 0 Å². The second kappa shape index (κ2) is 8.32. The van der Waals surface area contributed by atoms with Crippen LogP contribution in [-0.4, -0.2) is 17.3 Å². The zero-order valence-electron chi connectivity index (χ0n) is 13.8. The van der Waals surface area contributed by atoms with E-state index in [0.717, 1.165) is 11.1 Å². The van der Waals surface area contributed by atoms with Crippen molar-refractivity contribution in [1.29, 1.82) is 0 Å². The van der Waals surface area contributed by atoms with Crippen LogP contribution in [0.4, 0.5) is 5.69 Å². The largest absolute Gasteiger partial charge is 0.488 e. The number of ether oxygens (including phenoxy) is 1. The SMILES string of the molecule is O=C(O)c1cccc(N=Cc2ccccc2OCc2ccc(Cl)cc2)c1. The Morgan fingerprint density at radius 2 is 1.81 bits per heavy atom. The van der Waals surface area contributed by atoms with Gasteiger partial charge < -0.3 is 9.84 Å². The first kappa shape index (κ1) is 17.7. The molecule has 0 spiro atoms. The summed E-state index contributed by atoms with van der Waals surface area (Å²) in [6, 6.07) is 21.5. The van der Waals surface area contributed by atoms with Gasteiger partial charge in [0, 0.05) is 16.8 Å². The number of hydrogen-bond donors (Lipinski definition) is 1. The van der Waals surface area contributed by atoms with Gasteiger partial charge in [0.2, 0.25) is 0 Å². The van der Waals surface area contributed by atoms with Gasteiger partial charge in [-0.3, -0.25) is 4.99 Å². The second-order valence-corrected chi connectivity index (χ2v) is 6.00. The number of aromatic carboxylic acids is 1. The number of nitrogens with zero attached hydrogens (tertiary/aromatic N) is 1. The summed E-state index contributed by atoms with van der Waals surface area (Å²) in [7, 11) is 0. The Kier molecular flexibility index (Phi) is 5.66. The fourth-order valence-electron chi connectivity index (χ4n) is 2.32. The standard InChI is InChI=1S/C21H16ClNO3/c22-18-10-8-15(9-11-18)14-26-20-7-2-1-4-17(20)13-23-19-6-3-5-16(12-19)21(24)25/h1-13H,14H2,(H,24,25). The number of para-hydroxylation sites is 1. The molecule has 0 aliphatic rings. The highest BCUT2D eigenvalue weighted by Gasteiger charge is 2.04. The van der Waals surface area contributed by atoms with Crippen LogP contribution in [0.3, 0.4) is 0 Å². The lowest BCUT2D eigenvalue weighted by molar-refractivity contribution is 0.0697. The number of carboxylic acid groups (broad SMARTS) is 1. The van der Waals surface area contributed by atoms with Gasteiger partial charge in [0.1, 0.15) is 12.4 Å². The van der Waals surface area contributed by atoms with Crippen LogP contribution in [-0.2, 0) is 6.61 Å². The van der Waals surface area contributed by atoms with E-state index in [0.29, 0.717) is 23.1 Å². The minimum atomic E-state index is -0.978. The van der Waals surface area contributed by atoms with E-state index < -0.39 is 5.97 Å². The number of rotatable bonds is 6. The van der Waals surface area contributed by atoms with Crippen molar-refractivity contribution in [2.45, 2.75) is 6.61 Å². The van der Waals surface area contributed by atoms with E-state index in [1.165, 1.54) is 12.1 Å². The number of carbonyl (C=O) groups is 1. The molecular formula is C21H16ClNO3. The lowest BCUT2D eigenvalue weighted by atomic mass is 10.2. The first-order valence-electron chi connectivity index (χ1n) is 7.95. The van der Waals surface area contributed by atoms with Crippen molar-refractivity contribution in [2.75, 3.05) is 0 Å². The molecule has 0 aliphatic heterocycles. The van der Waals surface area contributed by atoms with E-state index in [2.05, 4.69) is 4.99 Å². The molecule has 0 unspecified atom stereocenters. The first-order chi connectivity index (χ1) is 12.6. The molecule has 4 nitrogen and oxygen atoms in total. The fourth-order valence-corrected chi connectivity index (χ4v) is 2.45. The van der Waals surface area contributed by atoms with Gasteiger partial charge >= 0.3 is 5.97 Å². The minimum Gasteiger partial charge on any atom is -0.488 e. The zero-order valence-corrected chi connectivity index (χ0v) is 14.6. The summed E-state index contributed by atoms with van der Waals surface area (Å²) in [5, 5.41) is 9.74.